The molecular formula is C26H46Cl2N4O4S. The van der Waals surface area contributed by atoms with Crippen LogP contribution in [-0.2, 0) is 10.0 Å². The molecule has 11 heteroatoms. The number of nitrogens with two attached hydrogens (primary N) is 1. The van der Waals surface area contributed by atoms with E-state index in [9.17, 15) is 18.6 Å². The SMILES string of the molecule is C[C@@H]1CCC[C@H](C)N1C[C@@H](O)CN.C[C@@H]1CCC[C@H](C)N1C[C@@H](O)CNS(=O)(=O)c1cccc(Cl)c1Cl. The molecule has 0 spiro atoms. The fraction of sp³-hybridized carbons (Fsp3) is 0.769. The lowest BCUT2D eigenvalue weighted by Gasteiger charge is -2.40. The van der Waals surface area contributed by atoms with Crippen molar-refractivity contribution in [3.63, 3.8) is 0 Å². The number of nitrogens with one attached hydrogen (secondary N) is 1. The Kier molecular flexibility index (Phi) is 13.6. The third-order valence-electron chi connectivity index (χ3n) is 7.58. The van der Waals surface area contributed by atoms with Gasteiger partial charge in [-0.1, -0.05) is 42.1 Å². The van der Waals surface area contributed by atoms with E-state index in [4.69, 9.17) is 28.9 Å². The summed E-state index contributed by atoms with van der Waals surface area (Å²) in [5.41, 5.74) is 5.40. The van der Waals surface area contributed by atoms with Crippen LogP contribution < -0.4 is 10.5 Å². The van der Waals surface area contributed by atoms with Crippen LogP contribution in [-0.4, -0.2) is 91.0 Å². The molecule has 8 nitrogen and oxygen atoms in total. The van der Waals surface area contributed by atoms with Gasteiger partial charge in [0, 0.05) is 50.3 Å². The first kappa shape index (κ1) is 32.7. The molecule has 0 amide bonds. The van der Waals surface area contributed by atoms with Gasteiger partial charge in [0.1, 0.15) is 4.90 Å². The second kappa shape index (κ2) is 15.3. The molecule has 2 aliphatic heterocycles. The largest absolute Gasteiger partial charge is 0.390 e. The predicted octanol–water partition coefficient (Wildman–Crippen LogP) is 3.46. The van der Waals surface area contributed by atoms with Crippen molar-refractivity contribution < 1.29 is 18.6 Å². The minimum atomic E-state index is -3.82. The highest BCUT2D eigenvalue weighted by atomic mass is 35.5. The maximum atomic E-state index is 12.4. The molecule has 6 atom stereocenters. The lowest BCUT2D eigenvalue weighted by atomic mass is 9.97. The van der Waals surface area contributed by atoms with Crippen molar-refractivity contribution in [2.24, 2.45) is 5.73 Å². The molecular weight excluding hydrogens is 535 g/mol. The number of piperidine rings is 2. The van der Waals surface area contributed by atoms with Crippen LogP contribution in [0, 0.1) is 0 Å². The minimum absolute atomic E-state index is 0.0144. The summed E-state index contributed by atoms with van der Waals surface area (Å²) < 4.78 is 27.1. The summed E-state index contributed by atoms with van der Waals surface area (Å²) in [5.74, 6) is 0. The first-order chi connectivity index (χ1) is 17.4. The van der Waals surface area contributed by atoms with Gasteiger partial charge in [0.05, 0.1) is 22.3 Å². The van der Waals surface area contributed by atoms with E-state index in [1.165, 1.54) is 43.9 Å². The summed E-state index contributed by atoms with van der Waals surface area (Å²) >= 11 is 11.8. The van der Waals surface area contributed by atoms with Crippen molar-refractivity contribution in [1.82, 2.24) is 14.5 Å². The highest BCUT2D eigenvalue weighted by Crippen LogP contribution is 2.29. The molecule has 37 heavy (non-hydrogen) atoms. The normalized spacial score (nSPS) is 27.3. The Hall–Kier alpha value is -0.490. The Balaban J connectivity index is 0.000000312. The van der Waals surface area contributed by atoms with E-state index < -0.39 is 16.1 Å². The van der Waals surface area contributed by atoms with Gasteiger partial charge in [0.15, 0.2) is 0 Å². The van der Waals surface area contributed by atoms with Crippen molar-refractivity contribution in [2.75, 3.05) is 26.2 Å². The van der Waals surface area contributed by atoms with Crippen LogP contribution in [0.25, 0.3) is 0 Å². The van der Waals surface area contributed by atoms with Crippen LogP contribution in [0.3, 0.4) is 0 Å². The Morgan fingerprint density at radius 3 is 1.84 bits per heavy atom. The summed E-state index contributed by atoms with van der Waals surface area (Å²) in [6.07, 6.45) is 6.06. The smallest absolute Gasteiger partial charge is 0.242 e. The van der Waals surface area contributed by atoms with Crippen LogP contribution in [0.15, 0.2) is 23.1 Å². The van der Waals surface area contributed by atoms with Crippen LogP contribution in [0.2, 0.25) is 10.0 Å². The van der Waals surface area contributed by atoms with Gasteiger partial charge in [0.2, 0.25) is 10.0 Å². The first-order valence-electron chi connectivity index (χ1n) is 13.4. The van der Waals surface area contributed by atoms with E-state index in [0.717, 1.165) is 19.4 Å². The summed E-state index contributed by atoms with van der Waals surface area (Å²) in [6, 6.07) is 6.42. The summed E-state index contributed by atoms with van der Waals surface area (Å²) in [4.78, 5) is 4.53. The lowest BCUT2D eigenvalue weighted by Crippen LogP contribution is -2.49. The first-order valence-corrected chi connectivity index (χ1v) is 15.6. The number of hydrogen-bond donors (Lipinski definition) is 4. The zero-order valence-corrected chi connectivity index (χ0v) is 24.9. The quantitative estimate of drug-likeness (QED) is 0.353. The second-order valence-electron chi connectivity index (χ2n) is 10.6. The van der Waals surface area contributed by atoms with Gasteiger partial charge in [-0.3, -0.25) is 9.80 Å². The van der Waals surface area contributed by atoms with Crippen molar-refractivity contribution >= 4 is 33.2 Å². The Morgan fingerprint density at radius 2 is 1.38 bits per heavy atom. The number of β-amino-alcohol motifs (C(OH)–C–C–N with tert-alkyl or cyclic N) is 2. The number of nitrogens with zero attached hydrogens (tertiary/aromatic N) is 2. The molecule has 2 heterocycles. The van der Waals surface area contributed by atoms with Crippen molar-refractivity contribution in [1.29, 1.82) is 0 Å². The molecule has 0 saturated carbocycles. The van der Waals surface area contributed by atoms with Gasteiger partial charge >= 0.3 is 0 Å². The van der Waals surface area contributed by atoms with Crippen molar-refractivity contribution in [2.45, 2.75) is 107 Å². The highest BCUT2D eigenvalue weighted by molar-refractivity contribution is 7.89. The number of rotatable bonds is 9. The number of sulfonamides is 1. The molecule has 2 aliphatic rings. The summed E-state index contributed by atoms with van der Waals surface area (Å²) in [7, 11) is -3.82. The van der Waals surface area contributed by atoms with Gasteiger partial charge in [-0.25, -0.2) is 13.1 Å². The van der Waals surface area contributed by atoms with Gasteiger partial charge in [-0.05, 0) is 65.5 Å². The fourth-order valence-electron chi connectivity index (χ4n) is 5.27. The van der Waals surface area contributed by atoms with Crippen LogP contribution in [0.1, 0.15) is 66.2 Å². The van der Waals surface area contributed by atoms with E-state index >= 15 is 0 Å². The molecule has 0 radical (unpaired) electrons. The molecule has 0 unspecified atom stereocenters. The van der Waals surface area contributed by atoms with Crippen LogP contribution in [0.5, 0.6) is 0 Å². The molecule has 0 bridgehead atoms. The topological polar surface area (TPSA) is 119 Å². The van der Waals surface area contributed by atoms with Gasteiger partial charge in [0.25, 0.3) is 0 Å². The van der Waals surface area contributed by atoms with Crippen molar-refractivity contribution in [3.8, 4) is 0 Å². The molecule has 1 aromatic carbocycles. The van der Waals surface area contributed by atoms with Gasteiger partial charge in [-0.15, -0.1) is 0 Å². The molecule has 1 aromatic rings. The third-order valence-corrected chi connectivity index (χ3v) is 9.98. The maximum absolute atomic E-state index is 12.4. The Morgan fingerprint density at radius 1 is 0.919 bits per heavy atom. The average molecular weight is 582 g/mol. The molecule has 0 aliphatic carbocycles. The fourth-order valence-corrected chi connectivity index (χ4v) is 7.10. The number of benzene rings is 1. The zero-order chi connectivity index (χ0) is 27.8. The average Bonchev–Trinajstić information content (AvgIpc) is 2.84. The van der Waals surface area contributed by atoms with E-state index in [2.05, 4.69) is 42.2 Å². The molecule has 2 saturated heterocycles. The molecule has 214 valence electrons. The number of likely N-dealkylation sites (tertiary alicyclic amines) is 2. The summed E-state index contributed by atoms with van der Waals surface area (Å²) in [5, 5.41) is 19.9. The number of aliphatic hydroxyl groups excluding tert-OH is 2. The van der Waals surface area contributed by atoms with E-state index in [0.29, 0.717) is 37.3 Å². The van der Waals surface area contributed by atoms with E-state index in [-0.39, 0.29) is 27.6 Å². The third kappa shape index (κ3) is 9.89. The summed E-state index contributed by atoms with van der Waals surface area (Å²) in [6.45, 7) is 10.2. The molecule has 2 fully saturated rings. The number of hydrogen-bond acceptors (Lipinski definition) is 7. The monoisotopic (exact) mass is 580 g/mol. The molecule has 0 aromatic heterocycles. The van der Waals surface area contributed by atoms with Crippen LogP contribution >= 0.6 is 23.2 Å². The maximum Gasteiger partial charge on any atom is 0.242 e. The van der Waals surface area contributed by atoms with Crippen LogP contribution in [0.4, 0.5) is 0 Å². The number of halogens is 2. The second-order valence-corrected chi connectivity index (χ2v) is 13.1. The highest BCUT2D eigenvalue weighted by Gasteiger charge is 2.28. The lowest BCUT2D eigenvalue weighted by molar-refractivity contribution is 0.0438. The Labute approximate surface area is 233 Å². The van der Waals surface area contributed by atoms with Gasteiger partial charge in [-0.2, -0.15) is 0 Å². The predicted molar refractivity (Wildman–Crippen MR) is 152 cm³/mol. The minimum Gasteiger partial charge on any atom is -0.390 e. The van der Waals surface area contributed by atoms with E-state index in [1.807, 2.05) is 0 Å². The number of aliphatic hydroxyl groups is 2. The molecule has 5 N–H and O–H groups in total. The molecule has 3 rings (SSSR count). The van der Waals surface area contributed by atoms with E-state index in [1.54, 1.807) is 0 Å². The van der Waals surface area contributed by atoms with Gasteiger partial charge < -0.3 is 15.9 Å². The Bertz CT molecular complexity index is 919. The van der Waals surface area contributed by atoms with Crippen molar-refractivity contribution in [3.05, 3.63) is 28.2 Å². The zero-order valence-electron chi connectivity index (χ0n) is 22.6. The standard InChI is InChI=1S/C16H24Cl2N2O3S.C10H22N2O/c1-11-5-3-6-12(2)20(11)10-13(21)9-19-24(22,23)15-8-4-7-14(17)16(15)18;1-8-4-3-5-9(2)12(8)7-10(13)6-11/h4,7-8,11-13,19,21H,3,5-6,9-10H2,1-2H3;8-10,13H,3-7,11H2,1-2H3/t11-,12+,13-;8-,9+,10-/m00/s1.